The zero-order chi connectivity index (χ0) is 12.4. The number of aryl methyl sites for hydroxylation is 1. The van der Waals surface area contributed by atoms with Crippen molar-refractivity contribution in [2.24, 2.45) is 0 Å². The number of aromatic amines is 1. The average molecular weight is 359 g/mol. The van der Waals surface area contributed by atoms with Crippen molar-refractivity contribution in [2.45, 2.75) is 6.92 Å². The number of benzene rings is 1. The molecule has 1 heterocycles. The normalized spacial score (nSPS) is 10.3. The van der Waals surface area contributed by atoms with Gasteiger partial charge in [-0.3, -0.25) is 9.89 Å². The summed E-state index contributed by atoms with van der Waals surface area (Å²) in [5.41, 5.74) is 1.47. The van der Waals surface area contributed by atoms with Crippen LogP contribution in [-0.4, -0.2) is 16.1 Å². The molecule has 1 aromatic carbocycles. The Morgan fingerprint density at radius 1 is 1.29 bits per heavy atom. The van der Waals surface area contributed by atoms with Gasteiger partial charge in [-0.15, -0.1) is 0 Å². The van der Waals surface area contributed by atoms with Crippen molar-refractivity contribution in [2.75, 3.05) is 5.32 Å². The standard InChI is InChI=1S/C11H9Br2N3O/c1-6-5-14-16-10(6)15-11(17)7-2-8(12)4-9(13)3-7/h2-5H,1H3,(H2,14,15,16,17). The zero-order valence-corrected chi connectivity index (χ0v) is 12.1. The van der Waals surface area contributed by atoms with E-state index in [-0.39, 0.29) is 5.91 Å². The molecule has 0 spiro atoms. The van der Waals surface area contributed by atoms with E-state index in [0.717, 1.165) is 14.5 Å². The Labute approximate surface area is 115 Å². The van der Waals surface area contributed by atoms with Crippen LogP contribution in [0, 0.1) is 6.92 Å². The van der Waals surface area contributed by atoms with Crippen LogP contribution in [0.3, 0.4) is 0 Å². The number of carbonyl (C=O) groups is 1. The molecule has 0 aliphatic heterocycles. The smallest absolute Gasteiger partial charge is 0.256 e. The number of anilines is 1. The number of amides is 1. The van der Waals surface area contributed by atoms with Gasteiger partial charge in [0.1, 0.15) is 5.82 Å². The molecule has 0 aliphatic rings. The molecule has 0 saturated heterocycles. The quantitative estimate of drug-likeness (QED) is 0.863. The third kappa shape index (κ3) is 2.95. The molecular weight excluding hydrogens is 350 g/mol. The van der Waals surface area contributed by atoms with Gasteiger partial charge in [0.15, 0.2) is 0 Å². The van der Waals surface area contributed by atoms with Crippen molar-refractivity contribution in [3.8, 4) is 0 Å². The maximum absolute atomic E-state index is 12.0. The number of H-pyrrole nitrogens is 1. The Morgan fingerprint density at radius 2 is 1.94 bits per heavy atom. The highest BCUT2D eigenvalue weighted by atomic mass is 79.9. The van der Waals surface area contributed by atoms with E-state index in [1.165, 1.54) is 0 Å². The molecule has 0 bridgehead atoms. The van der Waals surface area contributed by atoms with Gasteiger partial charge in [0.05, 0.1) is 6.20 Å². The number of halogens is 2. The van der Waals surface area contributed by atoms with Gasteiger partial charge >= 0.3 is 0 Å². The topological polar surface area (TPSA) is 57.8 Å². The first-order valence-corrected chi connectivity index (χ1v) is 6.42. The molecule has 0 saturated carbocycles. The number of nitrogens with one attached hydrogen (secondary N) is 2. The van der Waals surface area contributed by atoms with Crippen LogP contribution in [0.1, 0.15) is 15.9 Å². The van der Waals surface area contributed by atoms with Gasteiger partial charge in [-0.1, -0.05) is 31.9 Å². The molecule has 1 aromatic heterocycles. The van der Waals surface area contributed by atoms with E-state index in [9.17, 15) is 4.79 Å². The molecule has 0 atom stereocenters. The molecule has 0 radical (unpaired) electrons. The maximum atomic E-state index is 12.0. The summed E-state index contributed by atoms with van der Waals surface area (Å²) in [5.74, 6) is 0.436. The molecule has 0 aliphatic carbocycles. The fraction of sp³-hybridized carbons (Fsp3) is 0.0909. The first kappa shape index (κ1) is 12.3. The third-order valence-corrected chi connectivity index (χ3v) is 3.11. The highest BCUT2D eigenvalue weighted by Crippen LogP contribution is 2.21. The molecule has 2 rings (SSSR count). The van der Waals surface area contributed by atoms with Crippen LogP contribution in [-0.2, 0) is 0 Å². The lowest BCUT2D eigenvalue weighted by molar-refractivity contribution is 0.102. The monoisotopic (exact) mass is 357 g/mol. The number of aromatic nitrogens is 2. The summed E-state index contributed by atoms with van der Waals surface area (Å²) in [4.78, 5) is 12.0. The summed E-state index contributed by atoms with van der Waals surface area (Å²) in [7, 11) is 0. The minimum Gasteiger partial charge on any atom is -0.307 e. The minimum absolute atomic E-state index is 0.181. The molecular formula is C11H9Br2N3O. The van der Waals surface area contributed by atoms with Gasteiger partial charge in [0, 0.05) is 20.1 Å². The molecule has 2 N–H and O–H groups in total. The zero-order valence-electron chi connectivity index (χ0n) is 8.92. The second-order valence-corrected chi connectivity index (χ2v) is 5.37. The largest absolute Gasteiger partial charge is 0.307 e. The van der Waals surface area contributed by atoms with Gasteiger partial charge < -0.3 is 5.32 Å². The van der Waals surface area contributed by atoms with Gasteiger partial charge in [-0.25, -0.2) is 0 Å². The summed E-state index contributed by atoms with van der Waals surface area (Å²) in [6.45, 7) is 1.87. The van der Waals surface area contributed by atoms with Crippen molar-refractivity contribution in [3.63, 3.8) is 0 Å². The number of hydrogen-bond donors (Lipinski definition) is 2. The van der Waals surface area contributed by atoms with Crippen LogP contribution in [0.25, 0.3) is 0 Å². The van der Waals surface area contributed by atoms with E-state index in [1.54, 1.807) is 18.3 Å². The highest BCUT2D eigenvalue weighted by Gasteiger charge is 2.10. The molecule has 88 valence electrons. The fourth-order valence-electron chi connectivity index (χ4n) is 1.34. The Hall–Kier alpha value is -1.14. The Balaban J connectivity index is 2.23. The highest BCUT2D eigenvalue weighted by molar-refractivity contribution is 9.11. The van der Waals surface area contributed by atoms with Crippen molar-refractivity contribution >= 4 is 43.6 Å². The summed E-state index contributed by atoms with van der Waals surface area (Å²) in [6, 6.07) is 5.38. The van der Waals surface area contributed by atoms with E-state index in [0.29, 0.717) is 11.4 Å². The molecule has 6 heteroatoms. The first-order chi connectivity index (χ1) is 8.06. The first-order valence-electron chi connectivity index (χ1n) is 4.83. The number of rotatable bonds is 2. The van der Waals surface area contributed by atoms with Gasteiger partial charge in [-0.05, 0) is 25.1 Å². The summed E-state index contributed by atoms with van der Waals surface area (Å²) in [6.07, 6.45) is 1.66. The molecule has 4 nitrogen and oxygen atoms in total. The SMILES string of the molecule is Cc1cn[nH]c1NC(=O)c1cc(Br)cc(Br)c1. The molecule has 0 unspecified atom stereocenters. The van der Waals surface area contributed by atoms with E-state index >= 15 is 0 Å². The van der Waals surface area contributed by atoms with Gasteiger partial charge in [-0.2, -0.15) is 5.10 Å². The number of hydrogen-bond acceptors (Lipinski definition) is 2. The van der Waals surface area contributed by atoms with Gasteiger partial charge in [0.25, 0.3) is 5.91 Å². The lowest BCUT2D eigenvalue weighted by atomic mass is 10.2. The molecule has 0 fully saturated rings. The minimum atomic E-state index is -0.181. The summed E-state index contributed by atoms with van der Waals surface area (Å²) >= 11 is 6.69. The van der Waals surface area contributed by atoms with E-state index in [1.807, 2.05) is 13.0 Å². The molecule has 17 heavy (non-hydrogen) atoms. The van der Waals surface area contributed by atoms with Crippen LogP contribution in [0.5, 0.6) is 0 Å². The van der Waals surface area contributed by atoms with Crippen molar-refractivity contribution in [1.29, 1.82) is 0 Å². The third-order valence-electron chi connectivity index (χ3n) is 2.19. The van der Waals surface area contributed by atoms with Gasteiger partial charge in [0.2, 0.25) is 0 Å². The van der Waals surface area contributed by atoms with Crippen LogP contribution in [0.2, 0.25) is 0 Å². The number of nitrogens with zero attached hydrogens (tertiary/aromatic N) is 1. The number of carbonyl (C=O) groups excluding carboxylic acids is 1. The second kappa shape index (κ2) is 5.01. The fourth-order valence-corrected chi connectivity index (χ4v) is 2.64. The van der Waals surface area contributed by atoms with E-state index in [2.05, 4.69) is 47.4 Å². The van der Waals surface area contributed by atoms with E-state index in [4.69, 9.17) is 0 Å². The maximum Gasteiger partial charge on any atom is 0.256 e. The van der Waals surface area contributed by atoms with Crippen LogP contribution < -0.4 is 5.32 Å². The predicted octanol–water partition coefficient (Wildman–Crippen LogP) is 3.50. The molecule has 1 amide bonds. The average Bonchev–Trinajstić information content (AvgIpc) is 2.63. The van der Waals surface area contributed by atoms with Crippen LogP contribution in [0.15, 0.2) is 33.3 Å². The van der Waals surface area contributed by atoms with Crippen molar-refractivity contribution in [3.05, 3.63) is 44.5 Å². The summed E-state index contributed by atoms with van der Waals surface area (Å²) < 4.78 is 1.69. The second-order valence-electron chi connectivity index (χ2n) is 3.54. The van der Waals surface area contributed by atoms with E-state index < -0.39 is 0 Å². The Bertz CT molecular complexity index is 545. The lowest BCUT2D eigenvalue weighted by Gasteiger charge is -2.05. The van der Waals surface area contributed by atoms with Crippen molar-refractivity contribution in [1.82, 2.24) is 10.2 Å². The lowest BCUT2D eigenvalue weighted by Crippen LogP contribution is -2.13. The van der Waals surface area contributed by atoms with Crippen molar-refractivity contribution < 1.29 is 4.79 Å². The predicted molar refractivity (Wildman–Crippen MR) is 73.1 cm³/mol. The molecule has 2 aromatic rings. The van der Waals surface area contributed by atoms with Crippen LogP contribution in [0.4, 0.5) is 5.82 Å². The Kier molecular flexibility index (Phi) is 3.63. The Morgan fingerprint density at radius 3 is 2.47 bits per heavy atom. The van der Waals surface area contributed by atoms with Crippen LogP contribution >= 0.6 is 31.9 Å². The summed E-state index contributed by atoms with van der Waals surface area (Å²) in [5, 5.41) is 9.34.